The Kier molecular flexibility index (Phi) is 6.91. The maximum absolute atomic E-state index is 12.5. The summed E-state index contributed by atoms with van der Waals surface area (Å²) in [6, 6.07) is 18.2. The third kappa shape index (κ3) is 5.30. The normalized spacial score (nSPS) is 10.6. The van der Waals surface area contributed by atoms with Gasteiger partial charge in [0.1, 0.15) is 17.1 Å². The van der Waals surface area contributed by atoms with E-state index in [1.165, 1.54) is 0 Å². The molecule has 184 valence electrons. The summed E-state index contributed by atoms with van der Waals surface area (Å²) >= 11 is 0. The van der Waals surface area contributed by atoms with Crippen molar-refractivity contribution in [2.75, 3.05) is 16.0 Å². The van der Waals surface area contributed by atoms with Crippen LogP contribution in [0.1, 0.15) is 43.0 Å². The van der Waals surface area contributed by atoms with Crippen LogP contribution in [0.4, 0.5) is 23.0 Å². The molecule has 0 unspecified atom stereocenters. The Morgan fingerprint density at radius 1 is 0.944 bits per heavy atom. The summed E-state index contributed by atoms with van der Waals surface area (Å²) in [5, 5.41) is 26.1. The first-order valence-corrected chi connectivity index (χ1v) is 11.4. The number of aromatic amines is 1. The Balaban J connectivity index is 1.45. The Hall–Kier alpha value is -4.79. The molecule has 9 heteroatoms. The van der Waals surface area contributed by atoms with Gasteiger partial charge in [-0.05, 0) is 73.4 Å². The molecule has 0 atom stereocenters. The maximum Gasteiger partial charge on any atom is 0.256 e. The minimum atomic E-state index is -0.645. The molecule has 0 saturated heterocycles. The van der Waals surface area contributed by atoms with Gasteiger partial charge < -0.3 is 26.8 Å². The number of nitrogens with one attached hydrogen (secondary N) is 4. The first kappa shape index (κ1) is 24.3. The van der Waals surface area contributed by atoms with Gasteiger partial charge in [-0.3, -0.25) is 14.7 Å². The van der Waals surface area contributed by atoms with Crippen LogP contribution in [-0.2, 0) is 6.54 Å². The van der Waals surface area contributed by atoms with E-state index < -0.39 is 5.91 Å². The van der Waals surface area contributed by atoms with E-state index in [0.29, 0.717) is 35.1 Å². The van der Waals surface area contributed by atoms with Gasteiger partial charge in [0.05, 0.1) is 0 Å². The van der Waals surface area contributed by atoms with Crippen molar-refractivity contribution < 1.29 is 14.7 Å². The number of hydrogen-bond donors (Lipinski definition) is 6. The average Bonchev–Trinajstić information content (AvgIpc) is 3.25. The number of nitrogens with two attached hydrogens (primary N) is 1. The molecular formula is C27H28N6O3. The lowest BCUT2D eigenvalue weighted by atomic mass is 10.1. The highest BCUT2D eigenvalue weighted by Crippen LogP contribution is 2.27. The van der Waals surface area contributed by atoms with E-state index in [4.69, 9.17) is 5.73 Å². The zero-order valence-electron chi connectivity index (χ0n) is 20.3. The van der Waals surface area contributed by atoms with Crippen LogP contribution in [0.3, 0.4) is 0 Å². The molecule has 4 aromatic rings. The zero-order chi connectivity index (χ0) is 25.8. The van der Waals surface area contributed by atoms with Crippen LogP contribution >= 0.6 is 0 Å². The fraction of sp³-hybridized carbons (Fsp3) is 0.148. The number of carbonyl (C=O) groups excluding carboxylic acids is 2. The Morgan fingerprint density at radius 3 is 2.22 bits per heavy atom. The van der Waals surface area contributed by atoms with Crippen LogP contribution in [-0.4, -0.2) is 27.1 Å². The van der Waals surface area contributed by atoms with Crippen LogP contribution in [0.2, 0.25) is 0 Å². The molecule has 3 aromatic carbocycles. The standard InChI is InChI=1S/C27H28N6O3/c1-15-6-4-5-7-21(15)27(36)31-20-10-8-19(9-11-20)30-26-22(24(28)35)25(32-33-26)29-14-18-12-16(2)23(34)17(3)13-18/h4-13,34H,14H2,1-3H3,(H2,28,35)(H,31,36)(H3,29,30,32,33). The molecule has 0 bridgehead atoms. The van der Waals surface area contributed by atoms with Gasteiger partial charge in [0, 0.05) is 23.5 Å². The molecule has 2 amide bonds. The van der Waals surface area contributed by atoms with Crippen molar-refractivity contribution in [2.45, 2.75) is 27.3 Å². The summed E-state index contributed by atoms with van der Waals surface area (Å²) in [7, 11) is 0. The number of amides is 2. The van der Waals surface area contributed by atoms with E-state index in [9.17, 15) is 14.7 Å². The van der Waals surface area contributed by atoms with Crippen LogP contribution in [0.25, 0.3) is 0 Å². The quantitative estimate of drug-likeness (QED) is 0.213. The van der Waals surface area contributed by atoms with Crippen molar-refractivity contribution in [1.29, 1.82) is 0 Å². The van der Waals surface area contributed by atoms with Crippen molar-refractivity contribution in [3.05, 3.63) is 94.0 Å². The fourth-order valence-electron chi connectivity index (χ4n) is 3.94. The molecule has 0 aliphatic carbocycles. The number of primary amides is 1. The molecule has 9 nitrogen and oxygen atoms in total. The predicted octanol–water partition coefficient (Wildman–Crippen LogP) is 4.75. The summed E-state index contributed by atoms with van der Waals surface area (Å²) in [4.78, 5) is 24.7. The number of benzene rings is 3. The third-order valence-corrected chi connectivity index (χ3v) is 5.83. The molecule has 4 rings (SSSR count). The zero-order valence-corrected chi connectivity index (χ0v) is 20.3. The van der Waals surface area contributed by atoms with Gasteiger partial charge >= 0.3 is 0 Å². The van der Waals surface area contributed by atoms with Gasteiger partial charge in [0.15, 0.2) is 5.82 Å². The predicted molar refractivity (Wildman–Crippen MR) is 141 cm³/mol. The van der Waals surface area contributed by atoms with Crippen molar-refractivity contribution in [3.63, 3.8) is 0 Å². The topological polar surface area (TPSA) is 145 Å². The SMILES string of the molecule is Cc1ccccc1C(=O)Nc1ccc(Nc2[nH]nc(NCc3cc(C)c(O)c(C)c3)c2C(N)=O)cc1. The number of nitrogens with zero attached hydrogens (tertiary/aromatic N) is 1. The second-order valence-electron chi connectivity index (χ2n) is 8.59. The monoisotopic (exact) mass is 484 g/mol. The van der Waals surface area contributed by atoms with Gasteiger partial charge in [-0.15, -0.1) is 0 Å². The number of aromatic hydroxyl groups is 1. The first-order valence-electron chi connectivity index (χ1n) is 11.4. The number of H-pyrrole nitrogens is 1. The number of carbonyl (C=O) groups is 2. The van der Waals surface area contributed by atoms with Crippen LogP contribution in [0.15, 0.2) is 60.7 Å². The van der Waals surface area contributed by atoms with E-state index in [1.807, 2.05) is 51.1 Å². The second kappa shape index (κ2) is 10.2. The van der Waals surface area contributed by atoms with Gasteiger partial charge in [-0.25, -0.2) is 0 Å². The van der Waals surface area contributed by atoms with Gasteiger partial charge in [0.25, 0.3) is 11.8 Å². The van der Waals surface area contributed by atoms with Crippen molar-refractivity contribution in [1.82, 2.24) is 10.2 Å². The number of phenolic OH excluding ortho intramolecular Hbond substituents is 1. The van der Waals surface area contributed by atoms with Crippen molar-refractivity contribution >= 4 is 34.8 Å². The highest BCUT2D eigenvalue weighted by atomic mass is 16.3. The molecule has 0 aliphatic heterocycles. The Labute approximate surface area is 208 Å². The molecule has 1 aromatic heterocycles. The van der Waals surface area contributed by atoms with E-state index in [-0.39, 0.29) is 17.2 Å². The van der Waals surface area contributed by atoms with E-state index in [0.717, 1.165) is 22.3 Å². The summed E-state index contributed by atoms with van der Waals surface area (Å²) in [6.45, 7) is 5.94. The fourth-order valence-corrected chi connectivity index (χ4v) is 3.94. The molecule has 0 fully saturated rings. The average molecular weight is 485 g/mol. The number of phenols is 1. The molecule has 0 saturated carbocycles. The third-order valence-electron chi connectivity index (χ3n) is 5.83. The Bertz CT molecular complexity index is 1400. The highest BCUT2D eigenvalue weighted by molar-refractivity contribution is 6.05. The van der Waals surface area contributed by atoms with Crippen molar-refractivity contribution in [3.8, 4) is 5.75 Å². The largest absolute Gasteiger partial charge is 0.507 e. The first-order chi connectivity index (χ1) is 17.2. The molecule has 0 spiro atoms. The summed E-state index contributed by atoms with van der Waals surface area (Å²) in [5.41, 5.74) is 11.1. The molecule has 0 aliphatic rings. The minimum Gasteiger partial charge on any atom is -0.507 e. The number of anilines is 4. The number of rotatable bonds is 8. The molecule has 0 radical (unpaired) electrons. The number of aryl methyl sites for hydroxylation is 3. The van der Waals surface area contributed by atoms with Crippen molar-refractivity contribution in [2.24, 2.45) is 5.73 Å². The van der Waals surface area contributed by atoms with Gasteiger partial charge in [-0.2, -0.15) is 5.10 Å². The minimum absolute atomic E-state index is 0.187. The maximum atomic E-state index is 12.5. The number of hydrogen-bond acceptors (Lipinski definition) is 6. The number of aromatic nitrogens is 2. The summed E-state index contributed by atoms with van der Waals surface area (Å²) < 4.78 is 0. The van der Waals surface area contributed by atoms with E-state index in [2.05, 4.69) is 26.1 Å². The Morgan fingerprint density at radius 2 is 1.58 bits per heavy atom. The molecule has 1 heterocycles. The van der Waals surface area contributed by atoms with Gasteiger partial charge in [0.2, 0.25) is 0 Å². The van der Waals surface area contributed by atoms with Gasteiger partial charge in [-0.1, -0.05) is 30.3 Å². The second-order valence-corrected chi connectivity index (χ2v) is 8.59. The highest BCUT2D eigenvalue weighted by Gasteiger charge is 2.19. The van der Waals surface area contributed by atoms with E-state index >= 15 is 0 Å². The van der Waals surface area contributed by atoms with Crippen LogP contribution in [0.5, 0.6) is 5.75 Å². The lowest BCUT2D eigenvalue weighted by Gasteiger charge is -2.11. The summed E-state index contributed by atoms with van der Waals surface area (Å²) in [6.07, 6.45) is 0. The van der Waals surface area contributed by atoms with Crippen LogP contribution < -0.4 is 21.7 Å². The molecule has 7 N–H and O–H groups in total. The molecular weight excluding hydrogens is 456 g/mol. The molecule has 36 heavy (non-hydrogen) atoms. The van der Waals surface area contributed by atoms with Crippen LogP contribution in [0, 0.1) is 20.8 Å². The lowest BCUT2D eigenvalue weighted by Crippen LogP contribution is -2.15. The van der Waals surface area contributed by atoms with E-state index in [1.54, 1.807) is 30.3 Å². The lowest BCUT2D eigenvalue weighted by molar-refractivity contribution is 0.0998. The smallest absolute Gasteiger partial charge is 0.256 e. The summed E-state index contributed by atoms with van der Waals surface area (Å²) in [5.74, 6) is 0.0981.